The topological polar surface area (TPSA) is 58.6 Å². The lowest BCUT2D eigenvalue weighted by molar-refractivity contribution is -0.253. The second-order valence-electron chi connectivity index (χ2n) is 5.71. The third kappa shape index (κ3) is 6.81. The van der Waals surface area contributed by atoms with Crippen molar-refractivity contribution >= 4 is 5.91 Å². The second-order valence-corrected chi connectivity index (χ2v) is 5.71. The van der Waals surface area contributed by atoms with Crippen LogP contribution in [0.15, 0.2) is 24.3 Å². The Kier molecular flexibility index (Phi) is 6.33. The summed E-state index contributed by atoms with van der Waals surface area (Å²) < 4.78 is 78.6. The summed E-state index contributed by atoms with van der Waals surface area (Å²) in [6, 6.07) is 4.56. The number of ether oxygens (including phenoxy) is 1. The van der Waals surface area contributed by atoms with Gasteiger partial charge in [-0.05, 0) is 31.5 Å². The van der Waals surface area contributed by atoms with Gasteiger partial charge in [-0.15, -0.1) is 0 Å². The van der Waals surface area contributed by atoms with Crippen LogP contribution in [0.3, 0.4) is 0 Å². The summed E-state index contributed by atoms with van der Waals surface area (Å²) >= 11 is 0. The standard InChI is InChI=1S/C15H17F6NO3/c1-9(22-12(23)7-13(2,24)15(19,20)21)10-4-3-5-11(6-10)25-8-14(16,17)18/h3-6,9,24H,7-8H2,1-2H3,(H,22,23)/t9-,13?/m0/s1. The van der Waals surface area contributed by atoms with Gasteiger partial charge in [0.2, 0.25) is 5.91 Å². The minimum absolute atomic E-state index is 0.0989. The van der Waals surface area contributed by atoms with Gasteiger partial charge in [0.15, 0.2) is 12.2 Å². The van der Waals surface area contributed by atoms with E-state index >= 15 is 0 Å². The maximum Gasteiger partial charge on any atom is 0.422 e. The molecule has 0 radical (unpaired) electrons. The molecular weight excluding hydrogens is 356 g/mol. The quantitative estimate of drug-likeness (QED) is 0.751. The van der Waals surface area contributed by atoms with Crippen molar-refractivity contribution in [3.63, 3.8) is 0 Å². The molecular formula is C15H17F6NO3. The summed E-state index contributed by atoms with van der Waals surface area (Å²) in [6.45, 7) is 0.414. The Hall–Kier alpha value is -1.97. The molecule has 0 spiro atoms. The van der Waals surface area contributed by atoms with E-state index in [1.54, 1.807) is 0 Å². The van der Waals surface area contributed by atoms with Crippen LogP contribution in [0.2, 0.25) is 0 Å². The minimum atomic E-state index is -4.97. The van der Waals surface area contributed by atoms with Crippen LogP contribution in [0.25, 0.3) is 0 Å². The molecule has 1 aromatic rings. The third-order valence-corrected chi connectivity index (χ3v) is 3.25. The molecule has 0 aliphatic heterocycles. The Bertz CT molecular complexity index is 598. The molecule has 25 heavy (non-hydrogen) atoms. The zero-order chi connectivity index (χ0) is 19.5. The SMILES string of the molecule is C[C@H](NC(=O)CC(C)(O)C(F)(F)F)c1cccc(OCC(F)(F)F)c1. The minimum Gasteiger partial charge on any atom is -0.484 e. The van der Waals surface area contributed by atoms with Crippen molar-refractivity contribution < 1.29 is 41.0 Å². The first kappa shape index (κ1) is 21.1. The van der Waals surface area contributed by atoms with Crippen molar-refractivity contribution in [3.8, 4) is 5.75 Å². The van der Waals surface area contributed by atoms with Crippen molar-refractivity contribution in [3.05, 3.63) is 29.8 Å². The van der Waals surface area contributed by atoms with Crippen LogP contribution < -0.4 is 10.1 Å². The molecule has 1 unspecified atom stereocenters. The number of carbonyl (C=O) groups excluding carboxylic acids is 1. The maximum absolute atomic E-state index is 12.5. The number of aliphatic hydroxyl groups is 1. The Balaban J connectivity index is 2.71. The van der Waals surface area contributed by atoms with Crippen molar-refractivity contribution in [1.82, 2.24) is 5.32 Å². The summed E-state index contributed by atoms with van der Waals surface area (Å²) in [4.78, 5) is 11.7. The molecule has 0 saturated carbocycles. The van der Waals surface area contributed by atoms with E-state index in [1.165, 1.54) is 31.2 Å². The molecule has 0 fully saturated rings. The number of amides is 1. The summed E-state index contributed by atoms with van der Waals surface area (Å²) in [5.74, 6) is -1.16. The maximum atomic E-state index is 12.5. The number of alkyl halides is 6. The van der Waals surface area contributed by atoms with E-state index < -0.39 is 42.9 Å². The largest absolute Gasteiger partial charge is 0.484 e. The van der Waals surface area contributed by atoms with Gasteiger partial charge in [0.25, 0.3) is 0 Å². The fourth-order valence-electron chi connectivity index (χ4n) is 1.83. The van der Waals surface area contributed by atoms with E-state index in [2.05, 4.69) is 10.1 Å². The normalized spacial score (nSPS) is 16.0. The van der Waals surface area contributed by atoms with Crippen molar-refractivity contribution in [2.75, 3.05) is 6.61 Å². The second kappa shape index (κ2) is 7.51. The zero-order valence-corrected chi connectivity index (χ0v) is 13.3. The lowest BCUT2D eigenvalue weighted by Gasteiger charge is -2.26. The van der Waals surface area contributed by atoms with Crippen LogP contribution >= 0.6 is 0 Å². The highest BCUT2D eigenvalue weighted by atomic mass is 19.4. The van der Waals surface area contributed by atoms with E-state index in [0.29, 0.717) is 12.5 Å². The fraction of sp³-hybridized carbons (Fsp3) is 0.533. The third-order valence-electron chi connectivity index (χ3n) is 3.25. The molecule has 0 aromatic heterocycles. The molecule has 1 aromatic carbocycles. The summed E-state index contributed by atoms with van der Waals surface area (Å²) in [7, 11) is 0. The average molecular weight is 373 g/mol. The van der Waals surface area contributed by atoms with Crippen LogP contribution in [0.5, 0.6) is 5.75 Å². The molecule has 0 aliphatic rings. The first-order chi connectivity index (χ1) is 11.2. The lowest BCUT2D eigenvalue weighted by Crippen LogP contribution is -2.46. The van der Waals surface area contributed by atoms with Gasteiger partial charge in [-0.1, -0.05) is 12.1 Å². The highest BCUT2D eigenvalue weighted by Crippen LogP contribution is 2.32. The van der Waals surface area contributed by atoms with E-state index in [-0.39, 0.29) is 5.75 Å². The number of benzene rings is 1. The molecule has 142 valence electrons. The number of nitrogens with one attached hydrogen (secondary N) is 1. The van der Waals surface area contributed by atoms with E-state index in [0.717, 1.165) is 0 Å². The van der Waals surface area contributed by atoms with Gasteiger partial charge in [0.05, 0.1) is 12.5 Å². The molecule has 0 bridgehead atoms. The summed E-state index contributed by atoms with van der Waals surface area (Å²) in [5, 5.41) is 11.5. The number of halogens is 6. The molecule has 10 heteroatoms. The molecule has 1 amide bonds. The van der Waals surface area contributed by atoms with Gasteiger partial charge in [0.1, 0.15) is 5.75 Å². The molecule has 2 N–H and O–H groups in total. The van der Waals surface area contributed by atoms with Crippen LogP contribution in [0.1, 0.15) is 31.9 Å². The van der Waals surface area contributed by atoms with Gasteiger partial charge in [-0.2, -0.15) is 26.3 Å². The van der Waals surface area contributed by atoms with Gasteiger partial charge in [-0.25, -0.2) is 0 Å². The fourth-order valence-corrected chi connectivity index (χ4v) is 1.83. The van der Waals surface area contributed by atoms with Gasteiger partial charge >= 0.3 is 12.4 Å². The Morgan fingerprint density at radius 1 is 1.24 bits per heavy atom. The Morgan fingerprint density at radius 3 is 2.36 bits per heavy atom. The molecule has 0 heterocycles. The first-order valence-corrected chi connectivity index (χ1v) is 7.09. The van der Waals surface area contributed by atoms with Crippen LogP contribution in [-0.2, 0) is 4.79 Å². The van der Waals surface area contributed by atoms with E-state index in [1.807, 2.05) is 0 Å². The van der Waals surface area contributed by atoms with Gasteiger partial charge in [-0.3, -0.25) is 4.79 Å². The van der Waals surface area contributed by atoms with Crippen molar-refractivity contribution in [2.45, 2.75) is 44.3 Å². The van der Waals surface area contributed by atoms with Gasteiger partial charge in [0, 0.05) is 0 Å². The monoisotopic (exact) mass is 373 g/mol. The predicted octanol–water partition coefficient (Wildman–Crippen LogP) is 3.51. The first-order valence-electron chi connectivity index (χ1n) is 7.09. The summed E-state index contributed by atoms with van der Waals surface area (Å²) in [6.07, 6.45) is -10.7. The Morgan fingerprint density at radius 2 is 1.84 bits per heavy atom. The molecule has 2 atom stereocenters. The van der Waals surface area contributed by atoms with Crippen molar-refractivity contribution in [2.24, 2.45) is 0 Å². The van der Waals surface area contributed by atoms with Crippen LogP contribution in [-0.4, -0.2) is 35.6 Å². The lowest BCUT2D eigenvalue weighted by atomic mass is 10.0. The average Bonchev–Trinajstić information content (AvgIpc) is 2.42. The van der Waals surface area contributed by atoms with E-state index in [9.17, 15) is 36.2 Å². The van der Waals surface area contributed by atoms with Gasteiger partial charge < -0.3 is 15.2 Å². The zero-order valence-electron chi connectivity index (χ0n) is 13.3. The molecule has 0 saturated heterocycles. The summed E-state index contributed by atoms with van der Waals surface area (Å²) in [5.41, 5.74) is -2.85. The molecule has 0 aliphatic carbocycles. The van der Waals surface area contributed by atoms with E-state index in [4.69, 9.17) is 0 Å². The highest BCUT2D eigenvalue weighted by molar-refractivity contribution is 5.77. The van der Waals surface area contributed by atoms with Crippen molar-refractivity contribution in [1.29, 1.82) is 0 Å². The van der Waals surface area contributed by atoms with Crippen LogP contribution in [0.4, 0.5) is 26.3 Å². The highest BCUT2D eigenvalue weighted by Gasteiger charge is 2.51. The predicted molar refractivity (Wildman–Crippen MR) is 75.8 cm³/mol. The number of hydrogen-bond acceptors (Lipinski definition) is 3. The van der Waals surface area contributed by atoms with Crippen LogP contribution in [0, 0.1) is 0 Å². The number of hydrogen-bond donors (Lipinski definition) is 2. The Labute approximate surface area is 139 Å². The molecule has 1 rings (SSSR count). The number of rotatable bonds is 6. The smallest absolute Gasteiger partial charge is 0.422 e. The number of carbonyl (C=O) groups is 1. The molecule has 4 nitrogen and oxygen atoms in total.